The predicted molar refractivity (Wildman–Crippen MR) is 229 cm³/mol. The molecule has 0 atom stereocenters. The fraction of sp³-hybridized carbons (Fsp3) is 0.209. The minimum absolute atomic E-state index is 0.0628. The van der Waals surface area contributed by atoms with Crippen LogP contribution in [0.3, 0.4) is 0 Å². The molecule has 3 amide bonds. The van der Waals surface area contributed by atoms with E-state index in [0.29, 0.717) is 16.7 Å². The fourth-order valence-corrected chi connectivity index (χ4v) is 5.11. The number of alkyl carbamates (subject to hydrolysis) is 1. The van der Waals surface area contributed by atoms with Gasteiger partial charge in [0, 0.05) is 42.0 Å². The maximum absolute atomic E-state index is 13.6. The number of anilines is 2. The zero-order valence-corrected chi connectivity index (χ0v) is 35.2. The third kappa shape index (κ3) is 18.7. The molecule has 5 aromatic rings. The number of carboxylic acids is 2. The zero-order valence-electron chi connectivity index (χ0n) is 35.2. The van der Waals surface area contributed by atoms with Gasteiger partial charge in [-0.2, -0.15) is 26.3 Å². The Balaban J connectivity index is 0.000000737. The molecule has 0 aliphatic heterocycles. The molecule has 4 aromatic carbocycles. The summed E-state index contributed by atoms with van der Waals surface area (Å²) in [7, 11) is 0. The summed E-state index contributed by atoms with van der Waals surface area (Å²) in [5.41, 5.74) is 9.45. The molecule has 0 aliphatic carbocycles. The first-order valence-electron chi connectivity index (χ1n) is 19.2. The lowest BCUT2D eigenvalue weighted by Crippen LogP contribution is -2.35. The molecular weight excluding hydrogens is 903 g/mol. The van der Waals surface area contributed by atoms with Gasteiger partial charge in [0.1, 0.15) is 24.7 Å². The van der Waals surface area contributed by atoms with Crippen LogP contribution in [-0.2, 0) is 45.4 Å². The number of hydrogen-bond donors (Lipinski definition) is 8. The number of nitrogens with zero attached hydrogens (tertiary/aromatic N) is 2. The molecule has 1 aromatic heterocycles. The van der Waals surface area contributed by atoms with E-state index in [2.05, 4.69) is 26.3 Å². The summed E-state index contributed by atoms with van der Waals surface area (Å²) in [4.78, 5) is 73.8. The average Bonchev–Trinajstić information content (AvgIpc) is 3.26. The van der Waals surface area contributed by atoms with E-state index in [0.717, 1.165) is 11.1 Å². The number of nitrogens with one attached hydrogen (secondary N) is 5. The molecule has 0 spiro atoms. The van der Waals surface area contributed by atoms with Gasteiger partial charge in [0.15, 0.2) is 5.82 Å². The van der Waals surface area contributed by atoms with Crippen LogP contribution < -0.4 is 37.3 Å². The molecule has 5 rings (SSSR count). The largest absolute Gasteiger partial charge is 0.490 e. The van der Waals surface area contributed by atoms with E-state index in [1.165, 1.54) is 22.9 Å². The number of nitrogen functional groups attached to an aromatic ring is 1. The molecule has 1 heterocycles. The van der Waals surface area contributed by atoms with E-state index in [1.807, 2.05) is 74.5 Å². The quantitative estimate of drug-likeness (QED) is 0.0274. The van der Waals surface area contributed by atoms with Crippen LogP contribution in [0.4, 0.5) is 47.4 Å². The van der Waals surface area contributed by atoms with Gasteiger partial charge >= 0.3 is 36.5 Å². The summed E-state index contributed by atoms with van der Waals surface area (Å²) in [6.45, 7) is 3.82. The lowest BCUT2D eigenvalue weighted by atomic mass is 10.1. The van der Waals surface area contributed by atoms with E-state index >= 15 is 0 Å². The molecule has 0 fully saturated rings. The SMILES string of the molecule is CC(C)Nc1ncc(-c2cc(N)cc(OC(=O)NCc3ccccc3)c2)n(CC(=O)NCc2ccc(C(=N)NC(=O)OCc3ccccc3)cc2)c1=O.O=C(O)C(F)(F)F.O=C(O)C(F)(F)F. The third-order valence-corrected chi connectivity index (χ3v) is 8.15. The number of aromatic nitrogens is 2. The zero-order chi connectivity index (χ0) is 49.9. The van der Waals surface area contributed by atoms with Crippen LogP contribution >= 0.6 is 0 Å². The van der Waals surface area contributed by atoms with E-state index < -0.39 is 47.9 Å². The number of carboxylic acid groups (broad SMARTS) is 2. The normalized spacial score (nSPS) is 10.8. The van der Waals surface area contributed by atoms with Crippen LogP contribution in [0.5, 0.6) is 5.75 Å². The van der Waals surface area contributed by atoms with E-state index in [4.69, 9.17) is 40.4 Å². The third-order valence-electron chi connectivity index (χ3n) is 8.15. The summed E-state index contributed by atoms with van der Waals surface area (Å²) >= 11 is 0. The fourth-order valence-electron chi connectivity index (χ4n) is 5.11. The first-order chi connectivity index (χ1) is 31.4. The topological polar surface area (TPSA) is 277 Å². The number of carbonyl (C=O) groups is 5. The standard InChI is InChI=1S/C39H40N8O6.2C2HF3O2/c1-25(2)45-36-37(49)47(33(22-43-36)30-17-31(40)19-32(18-30)53-38(50)44-21-26-9-5-3-6-10-26)23-34(48)42-20-27-13-15-29(16-14-27)35(41)46-39(51)52-24-28-11-7-4-8-12-28;2*3-2(4,5)1(6)7/h3-19,22,25H,20-21,23-24,40H2,1-2H3,(H,42,48)(H,43,45)(H,44,50)(H2,41,46,51);2*(H,6,7). The van der Waals surface area contributed by atoms with Crippen LogP contribution in [0.1, 0.15) is 36.1 Å². The summed E-state index contributed by atoms with van der Waals surface area (Å²) in [6.07, 6.45) is -10.2. The van der Waals surface area contributed by atoms with Gasteiger partial charge in [0.2, 0.25) is 5.91 Å². The van der Waals surface area contributed by atoms with Gasteiger partial charge < -0.3 is 41.4 Å². The molecule has 0 radical (unpaired) electrons. The Morgan fingerprint density at radius 1 is 0.761 bits per heavy atom. The Labute approximate surface area is 376 Å². The van der Waals surface area contributed by atoms with Crippen LogP contribution in [0.2, 0.25) is 0 Å². The van der Waals surface area contributed by atoms with Crippen LogP contribution in [0.15, 0.2) is 114 Å². The first-order valence-corrected chi connectivity index (χ1v) is 19.2. The second kappa shape index (κ2) is 24.6. The highest BCUT2D eigenvalue weighted by Crippen LogP contribution is 2.27. The lowest BCUT2D eigenvalue weighted by Gasteiger charge is -2.17. The first kappa shape index (κ1) is 52.9. The van der Waals surface area contributed by atoms with Crippen molar-refractivity contribution in [3.05, 3.63) is 142 Å². The molecule has 0 saturated carbocycles. The molecule has 18 nitrogen and oxygen atoms in total. The van der Waals surface area contributed by atoms with Crippen molar-refractivity contribution in [2.24, 2.45) is 0 Å². The van der Waals surface area contributed by atoms with E-state index in [9.17, 15) is 45.5 Å². The van der Waals surface area contributed by atoms with Crippen LogP contribution in [-0.4, -0.2) is 74.0 Å². The molecule has 356 valence electrons. The van der Waals surface area contributed by atoms with Gasteiger partial charge in [-0.15, -0.1) is 0 Å². The van der Waals surface area contributed by atoms with Crippen molar-refractivity contribution in [3.8, 4) is 17.0 Å². The summed E-state index contributed by atoms with van der Waals surface area (Å²) in [6, 6.07) is 29.7. The van der Waals surface area contributed by atoms with E-state index in [1.54, 1.807) is 30.3 Å². The molecule has 67 heavy (non-hydrogen) atoms. The molecule has 0 bridgehead atoms. The highest BCUT2D eigenvalue weighted by molar-refractivity contribution is 6.04. The highest BCUT2D eigenvalue weighted by Gasteiger charge is 2.39. The molecule has 0 aliphatic rings. The minimum atomic E-state index is -5.08. The predicted octanol–water partition coefficient (Wildman–Crippen LogP) is 6.44. The molecule has 0 saturated heterocycles. The number of aliphatic carboxylic acids is 2. The van der Waals surface area contributed by atoms with Crippen molar-refractivity contribution >= 4 is 47.4 Å². The summed E-state index contributed by atoms with van der Waals surface area (Å²) in [5, 5.41) is 33.4. The maximum atomic E-state index is 13.6. The van der Waals surface area contributed by atoms with Crippen molar-refractivity contribution in [1.82, 2.24) is 25.5 Å². The molecule has 0 unspecified atom stereocenters. The molecule has 24 heteroatoms. The van der Waals surface area contributed by atoms with Gasteiger partial charge in [0.05, 0.1) is 11.9 Å². The number of hydrogen-bond acceptors (Lipinski definition) is 12. The number of rotatable bonds is 13. The van der Waals surface area contributed by atoms with Crippen molar-refractivity contribution in [2.75, 3.05) is 11.1 Å². The van der Waals surface area contributed by atoms with Gasteiger partial charge in [-0.3, -0.25) is 24.9 Å². The Kier molecular flexibility index (Phi) is 19.4. The van der Waals surface area contributed by atoms with Crippen molar-refractivity contribution in [1.29, 1.82) is 5.41 Å². The van der Waals surface area contributed by atoms with Crippen molar-refractivity contribution in [3.63, 3.8) is 0 Å². The number of halogens is 6. The number of ether oxygens (including phenoxy) is 2. The number of benzene rings is 4. The van der Waals surface area contributed by atoms with Crippen molar-refractivity contribution < 1.29 is 70.0 Å². The Bertz CT molecular complexity index is 2530. The Morgan fingerprint density at radius 2 is 1.28 bits per heavy atom. The lowest BCUT2D eigenvalue weighted by molar-refractivity contribution is -0.193. The monoisotopic (exact) mass is 944 g/mol. The second-order valence-electron chi connectivity index (χ2n) is 13.8. The molecule has 9 N–H and O–H groups in total. The number of amides is 3. The van der Waals surface area contributed by atoms with Crippen LogP contribution in [0, 0.1) is 5.41 Å². The van der Waals surface area contributed by atoms with Gasteiger partial charge in [-0.25, -0.2) is 24.2 Å². The van der Waals surface area contributed by atoms with Gasteiger partial charge in [-0.1, -0.05) is 84.9 Å². The number of carbonyl (C=O) groups excluding carboxylic acids is 3. The minimum Gasteiger partial charge on any atom is -0.475 e. The number of amidine groups is 1. The average molecular weight is 945 g/mol. The van der Waals surface area contributed by atoms with Gasteiger partial charge in [-0.05, 0) is 42.7 Å². The molecular formula is C43H42F6N8O10. The number of nitrogens with two attached hydrogens (primary N) is 1. The summed E-state index contributed by atoms with van der Waals surface area (Å²) < 4.78 is 75.4. The van der Waals surface area contributed by atoms with Crippen molar-refractivity contribution in [2.45, 2.75) is 58.5 Å². The Hall–Kier alpha value is -8.44. The summed E-state index contributed by atoms with van der Waals surface area (Å²) in [5.74, 6) is -5.92. The maximum Gasteiger partial charge on any atom is 0.490 e. The number of alkyl halides is 6. The Morgan fingerprint density at radius 3 is 1.82 bits per heavy atom. The smallest absolute Gasteiger partial charge is 0.475 e. The second-order valence-corrected chi connectivity index (χ2v) is 13.8. The van der Waals surface area contributed by atoms with E-state index in [-0.39, 0.29) is 61.1 Å². The van der Waals surface area contributed by atoms with Gasteiger partial charge in [0.25, 0.3) is 5.56 Å². The highest BCUT2D eigenvalue weighted by atomic mass is 19.4. The van der Waals surface area contributed by atoms with Crippen LogP contribution in [0.25, 0.3) is 11.3 Å².